The van der Waals surface area contributed by atoms with Gasteiger partial charge in [0.1, 0.15) is 0 Å². The molecule has 94 valence electrons. The molecule has 2 atom stereocenters. The minimum atomic E-state index is -0.663. The van der Waals surface area contributed by atoms with Crippen molar-refractivity contribution in [2.45, 2.75) is 43.8 Å². The molecule has 1 aliphatic rings. The van der Waals surface area contributed by atoms with Crippen molar-refractivity contribution in [1.29, 1.82) is 0 Å². The van der Waals surface area contributed by atoms with Crippen LogP contribution in [0.3, 0.4) is 0 Å². The molecule has 1 aliphatic carbocycles. The first-order chi connectivity index (χ1) is 8.13. The van der Waals surface area contributed by atoms with E-state index in [1.54, 1.807) is 7.11 Å². The van der Waals surface area contributed by atoms with Crippen LogP contribution in [0.5, 0.6) is 0 Å². The molecule has 0 aromatic heterocycles. The molecule has 2 rings (SSSR count). The molecule has 0 saturated heterocycles. The molecule has 2 nitrogen and oxygen atoms in total. The van der Waals surface area contributed by atoms with Gasteiger partial charge in [-0.25, -0.2) is 0 Å². The van der Waals surface area contributed by atoms with Crippen molar-refractivity contribution in [2.75, 3.05) is 7.11 Å². The highest BCUT2D eigenvalue weighted by Gasteiger charge is 2.34. The van der Waals surface area contributed by atoms with E-state index in [-0.39, 0.29) is 6.10 Å². The van der Waals surface area contributed by atoms with Crippen LogP contribution in [0.4, 0.5) is 0 Å². The molecular formula is C14H19ClO2. The average molecular weight is 255 g/mol. The van der Waals surface area contributed by atoms with E-state index in [0.29, 0.717) is 12.8 Å². The van der Waals surface area contributed by atoms with E-state index >= 15 is 0 Å². The zero-order chi connectivity index (χ0) is 12.3. The van der Waals surface area contributed by atoms with E-state index in [4.69, 9.17) is 16.3 Å². The van der Waals surface area contributed by atoms with Gasteiger partial charge in [0.15, 0.2) is 0 Å². The van der Waals surface area contributed by atoms with Crippen LogP contribution in [0, 0.1) is 0 Å². The predicted molar refractivity (Wildman–Crippen MR) is 69.4 cm³/mol. The van der Waals surface area contributed by atoms with Crippen LogP contribution in [0.1, 0.15) is 31.2 Å². The Morgan fingerprint density at radius 1 is 1.47 bits per heavy atom. The molecule has 1 fully saturated rings. The fraction of sp³-hybridized carbons (Fsp3) is 0.571. The van der Waals surface area contributed by atoms with E-state index in [9.17, 15) is 5.11 Å². The molecule has 1 aromatic rings. The van der Waals surface area contributed by atoms with E-state index in [1.165, 1.54) is 0 Å². The second-order valence-corrected chi connectivity index (χ2v) is 5.35. The second kappa shape index (κ2) is 5.38. The van der Waals surface area contributed by atoms with Crippen LogP contribution < -0.4 is 0 Å². The van der Waals surface area contributed by atoms with Crippen molar-refractivity contribution in [3.05, 3.63) is 34.9 Å². The predicted octanol–water partition coefficient (Wildman–Crippen LogP) is 3.20. The molecule has 0 spiro atoms. The summed E-state index contributed by atoms with van der Waals surface area (Å²) in [7, 11) is 1.71. The van der Waals surface area contributed by atoms with Gasteiger partial charge < -0.3 is 9.84 Å². The maximum Gasteiger partial charge on any atom is 0.0713 e. The number of hydrogen-bond donors (Lipinski definition) is 1. The van der Waals surface area contributed by atoms with Gasteiger partial charge >= 0.3 is 0 Å². The number of rotatable bonds is 3. The highest BCUT2D eigenvalue weighted by Crippen LogP contribution is 2.34. The highest BCUT2D eigenvalue weighted by atomic mass is 35.5. The van der Waals surface area contributed by atoms with Gasteiger partial charge in [0.2, 0.25) is 0 Å². The summed E-state index contributed by atoms with van der Waals surface area (Å²) in [6.07, 6.45) is 4.39. The van der Waals surface area contributed by atoms with Gasteiger partial charge in [-0.15, -0.1) is 0 Å². The van der Waals surface area contributed by atoms with Gasteiger partial charge in [-0.3, -0.25) is 0 Å². The molecule has 0 heterocycles. The molecule has 1 aromatic carbocycles. The lowest BCUT2D eigenvalue weighted by atomic mass is 9.79. The second-order valence-electron chi connectivity index (χ2n) is 4.95. The molecule has 2 unspecified atom stereocenters. The molecule has 1 saturated carbocycles. The fourth-order valence-corrected chi connectivity index (χ4v) is 2.85. The third kappa shape index (κ3) is 3.21. The Balaban J connectivity index is 2.09. The molecule has 0 radical (unpaired) electrons. The number of benzene rings is 1. The van der Waals surface area contributed by atoms with Gasteiger partial charge in [0.25, 0.3) is 0 Å². The fourth-order valence-electron chi connectivity index (χ4n) is 2.64. The molecule has 17 heavy (non-hydrogen) atoms. The Morgan fingerprint density at radius 2 is 2.24 bits per heavy atom. The lowest BCUT2D eigenvalue weighted by Crippen LogP contribution is -2.40. The summed E-state index contributed by atoms with van der Waals surface area (Å²) >= 11 is 6.13. The molecule has 3 heteroatoms. The van der Waals surface area contributed by atoms with Crippen LogP contribution in [0.15, 0.2) is 24.3 Å². The standard InChI is InChI=1S/C14H19ClO2/c1-17-12-6-4-8-14(16,10-12)9-11-5-2-3-7-13(11)15/h2-3,5,7,12,16H,4,6,8-10H2,1H3. The Hall–Kier alpha value is -0.570. The van der Waals surface area contributed by atoms with Crippen LogP contribution in [-0.2, 0) is 11.2 Å². The maximum absolute atomic E-state index is 10.6. The lowest BCUT2D eigenvalue weighted by Gasteiger charge is -2.36. The zero-order valence-electron chi connectivity index (χ0n) is 10.2. The first-order valence-electron chi connectivity index (χ1n) is 6.11. The zero-order valence-corrected chi connectivity index (χ0v) is 10.9. The van der Waals surface area contributed by atoms with Crippen molar-refractivity contribution in [3.63, 3.8) is 0 Å². The van der Waals surface area contributed by atoms with Crippen molar-refractivity contribution in [3.8, 4) is 0 Å². The first-order valence-corrected chi connectivity index (χ1v) is 6.49. The smallest absolute Gasteiger partial charge is 0.0713 e. The Labute approximate surface area is 108 Å². The summed E-state index contributed by atoms with van der Waals surface area (Å²) < 4.78 is 5.36. The largest absolute Gasteiger partial charge is 0.389 e. The molecule has 0 bridgehead atoms. The van der Waals surface area contributed by atoms with E-state index in [0.717, 1.165) is 29.8 Å². The van der Waals surface area contributed by atoms with Gasteiger partial charge in [-0.2, -0.15) is 0 Å². The molecular weight excluding hydrogens is 236 g/mol. The molecule has 1 N–H and O–H groups in total. The van der Waals surface area contributed by atoms with Gasteiger partial charge in [0, 0.05) is 25.0 Å². The van der Waals surface area contributed by atoms with Crippen LogP contribution >= 0.6 is 11.6 Å². The van der Waals surface area contributed by atoms with Crippen molar-refractivity contribution < 1.29 is 9.84 Å². The Kier molecular flexibility index (Phi) is 4.08. The SMILES string of the molecule is COC1CCCC(O)(Cc2ccccc2Cl)C1. The Morgan fingerprint density at radius 3 is 2.94 bits per heavy atom. The number of halogens is 1. The van der Waals surface area contributed by atoms with Crippen molar-refractivity contribution >= 4 is 11.6 Å². The van der Waals surface area contributed by atoms with Gasteiger partial charge in [-0.05, 0) is 30.9 Å². The van der Waals surface area contributed by atoms with Crippen LogP contribution in [0.2, 0.25) is 5.02 Å². The summed E-state index contributed by atoms with van der Waals surface area (Å²) in [4.78, 5) is 0. The summed E-state index contributed by atoms with van der Waals surface area (Å²) in [5.41, 5.74) is 0.359. The normalized spacial score (nSPS) is 29.2. The number of ether oxygens (including phenoxy) is 1. The monoisotopic (exact) mass is 254 g/mol. The molecule has 0 amide bonds. The third-order valence-electron chi connectivity index (χ3n) is 3.59. The quantitative estimate of drug-likeness (QED) is 0.898. The van der Waals surface area contributed by atoms with Crippen molar-refractivity contribution in [1.82, 2.24) is 0 Å². The summed E-state index contributed by atoms with van der Waals surface area (Å²) in [6, 6.07) is 7.73. The topological polar surface area (TPSA) is 29.5 Å². The van der Waals surface area contributed by atoms with Crippen LogP contribution in [0.25, 0.3) is 0 Å². The van der Waals surface area contributed by atoms with Gasteiger partial charge in [-0.1, -0.05) is 29.8 Å². The first kappa shape index (κ1) is 12.9. The third-order valence-corrected chi connectivity index (χ3v) is 3.96. The highest BCUT2D eigenvalue weighted by molar-refractivity contribution is 6.31. The summed E-state index contributed by atoms with van der Waals surface area (Å²) in [5.74, 6) is 0. The Bertz CT molecular complexity index is 380. The van der Waals surface area contributed by atoms with E-state index in [1.807, 2.05) is 24.3 Å². The molecule has 0 aliphatic heterocycles. The minimum absolute atomic E-state index is 0.177. The van der Waals surface area contributed by atoms with Crippen LogP contribution in [-0.4, -0.2) is 23.9 Å². The minimum Gasteiger partial charge on any atom is -0.389 e. The summed E-state index contributed by atoms with van der Waals surface area (Å²) in [5, 5.41) is 11.3. The van der Waals surface area contributed by atoms with E-state index < -0.39 is 5.60 Å². The number of methoxy groups -OCH3 is 1. The average Bonchev–Trinajstić information content (AvgIpc) is 2.32. The lowest BCUT2D eigenvalue weighted by molar-refractivity contribution is -0.0581. The number of aliphatic hydroxyl groups is 1. The van der Waals surface area contributed by atoms with Gasteiger partial charge in [0.05, 0.1) is 11.7 Å². The van der Waals surface area contributed by atoms with E-state index in [2.05, 4.69) is 0 Å². The maximum atomic E-state index is 10.6. The van der Waals surface area contributed by atoms with Crippen molar-refractivity contribution in [2.24, 2.45) is 0 Å². The summed E-state index contributed by atoms with van der Waals surface area (Å²) in [6.45, 7) is 0. The number of hydrogen-bond acceptors (Lipinski definition) is 2.